The highest BCUT2D eigenvalue weighted by Crippen LogP contribution is 2.28. The Hall–Kier alpha value is -0.100. The van der Waals surface area contributed by atoms with E-state index in [0.29, 0.717) is 36.8 Å². The van der Waals surface area contributed by atoms with Gasteiger partial charge in [0.25, 0.3) is 0 Å². The average Bonchev–Trinajstić information content (AvgIpc) is 2.46. The normalized spacial score (nSPS) is 28.6. The van der Waals surface area contributed by atoms with E-state index in [4.69, 9.17) is 4.74 Å². The average molecular weight is 329 g/mol. The van der Waals surface area contributed by atoms with Gasteiger partial charge in [0.05, 0.1) is 18.8 Å². The lowest BCUT2D eigenvalue weighted by Crippen LogP contribution is -2.51. The van der Waals surface area contributed by atoms with E-state index >= 15 is 0 Å². The third-order valence-electron chi connectivity index (χ3n) is 5.09. The maximum absolute atomic E-state index is 11.4. The van der Waals surface area contributed by atoms with E-state index in [9.17, 15) is 4.79 Å². The van der Waals surface area contributed by atoms with E-state index in [1.165, 1.54) is 11.8 Å². The molecule has 4 nitrogen and oxygen atoms in total. The zero-order valence-electron chi connectivity index (χ0n) is 14.5. The highest BCUT2D eigenvalue weighted by molar-refractivity contribution is 8.13. The number of carbonyl (C=O) groups is 1. The van der Waals surface area contributed by atoms with Crippen LogP contribution in [0.4, 0.5) is 0 Å². The molecule has 0 aromatic heterocycles. The summed E-state index contributed by atoms with van der Waals surface area (Å²) in [6.45, 7) is 9.38. The van der Waals surface area contributed by atoms with Crippen molar-refractivity contribution in [2.45, 2.75) is 70.7 Å². The summed E-state index contributed by atoms with van der Waals surface area (Å²) >= 11 is 1.33. The maximum Gasteiger partial charge on any atom is 0.202 e. The third kappa shape index (κ3) is 5.52. The number of hydrogen-bond donors (Lipinski definition) is 1. The van der Waals surface area contributed by atoms with Crippen molar-refractivity contribution in [2.24, 2.45) is 5.92 Å². The first kappa shape index (κ1) is 18.2. The van der Waals surface area contributed by atoms with Crippen LogP contribution < -0.4 is 5.32 Å². The van der Waals surface area contributed by atoms with Gasteiger partial charge in [0.1, 0.15) is 0 Å². The smallest absolute Gasteiger partial charge is 0.202 e. The number of thioether (sulfide) groups is 1. The molecule has 2 fully saturated rings. The van der Waals surface area contributed by atoms with Gasteiger partial charge in [-0.3, -0.25) is 9.69 Å². The number of nitrogens with zero attached hydrogens (tertiary/aromatic N) is 1. The molecule has 1 aliphatic carbocycles. The molecule has 1 aliphatic heterocycles. The predicted molar refractivity (Wildman–Crippen MR) is 93.3 cm³/mol. The second-order valence-corrected chi connectivity index (χ2v) is 8.04. The number of nitrogens with one attached hydrogen (secondary N) is 1. The van der Waals surface area contributed by atoms with Crippen LogP contribution in [0, 0.1) is 5.92 Å². The molecule has 22 heavy (non-hydrogen) atoms. The molecule has 0 radical (unpaired) electrons. The van der Waals surface area contributed by atoms with E-state index in [1.807, 2.05) is 6.26 Å². The second-order valence-electron chi connectivity index (χ2n) is 7.18. The number of hydrogen-bond acceptors (Lipinski definition) is 5. The van der Waals surface area contributed by atoms with Crippen LogP contribution in [0.15, 0.2) is 0 Å². The van der Waals surface area contributed by atoms with Crippen LogP contribution in [-0.2, 0) is 9.53 Å². The Morgan fingerprint density at radius 2 is 1.86 bits per heavy atom. The topological polar surface area (TPSA) is 41.6 Å². The van der Waals surface area contributed by atoms with Gasteiger partial charge in [-0.25, -0.2) is 0 Å². The summed E-state index contributed by atoms with van der Waals surface area (Å²) in [7, 11) is 0. The minimum absolute atomic E-state index is 0.270. The highest BCUT2D eigenvalue weighted by Gasteiger charge is 2.33. The standard InChI is InChI=1S/C17H32N2O2S/c1-12(2)13(3)18-14-9-16(10-14)21-15-5-7-19(8-6-15)11-17(20)22-4/h12-16,18H,5-11H2,1-4H3/t13-,14?,16?/m1/s1. The van der Waals surface area contributed by atoms with Gasteiger partial charge in [0.15, 0.2) is 0 Å². The summed E-state index contributed by atoms with van der Waals surface area (Å²) in [5.74, 6) is 0.688. The summed E-state index contributed by atoms with van der Waals surface area (Å²) in [6, 6.07) is 1.23. The van der Waals surface area contributed by atoms with Crippen LogP contribution in [0.3, 0.4) is 0 Å². The maximum atomic E-state index is 11.4. The fourth-order valence-corrected chi connectivity index (χ4v) is 3.41. The SMILES string of the molecule is CSC(=O)CN1CCC(OC2CC(N[C@H](C)C(C)C)C2)CC1. The van der Waals surface area contributed by atoms with Gasteiger partial charge in [-0.1, -0.05) is 25.6 Å². The first-order chi connectivity index (χ1) is 10.5. The molecule has 1 saturated carbocycles. The van der Waals surface area contributed by atoms with Gasteiger partial charge in [-0.15, -0.1) is 0 Å². The van der Waals surface area contributed by atoms with E-state index < -0.39 is 0 Å². The Morgan fingerprint density at radius 1 is 1.23 bits per heavy atom. The van der Waals surface area contributed by atoms with E-state index in [2.05, 4.69) is 31.0 Å². The van der Waals surface area contributed by atoms with Gasteiger partial charge in [0, 0.05) is 25.2 Å². The van der Waals surface area contributed by atoms with Crippen molar-refractivity contribution >= 4 is 16.9 Å². The number of carbonyl (C=O) groups excluding carboxylic acids is 1. The summed E-state index contributed by atoms with van der Waals surface area (Å²) in [4.78, 5) is 13.7. The lowest BCUT2D eigenvalue weighted by Gasteiger charge is -2.41. The molecule has 0 bridgehead atoms. The van der Waals surface area contributed by atoms with Crippen LogP contribution in [0.25, 0.3) is 0 Å². The lowest BCUT2D eigenvalue weighted by molar-refractivity contribution is -0.114. The Labute approximate surface area is 139 Å². The Morgan fingerprint density at radius 3 is 2.41 bits per heavy atom. The minimum Gasteiger partial charge on any atom is -0.375 e. The third-order valence-corrected chi connectivity index (χ3v) is 5.68. The molecule has 128 valence electrons. The molecule has 1 heterocycles. The van der Waals surface area contributed by atoms with Crippen molar-refractivity contribution in [3.05, 3.63) is 0 Å². The van der Waals surface area contributed by atoms with Crippen LogP contribution in [0.5, 0.6) is 0 Å². The molecule has 0 amide bonds. The van der Waals surface area contributed by atoms with E-state index in [-0.39, 0.29) is 5.12 Å². The monoisotopic (exact) mass is 328 g/mol. The van der Waals surface area contributed by atoms with E-state index in [1.54, 1.807) is 0 Å². The first-order valence-electron chi connectivity index (χ1n) is 8.68. The summed E-state index contributed by atoms with van der Waals surface area (Å²) in [6.07, 6.45) is 7.15. The molecule has 0 aromatic rings. The number of likely N-dealkylation sites (tertiary alicyclic amines) is 1. The fourth-order valence-electron chi connectivity index (χ4n) is 3.10. The Balaban J connectivity index is 1.57. The molecule has 1 N–H and O–H groups in total. The summed E-state index contributed by atoms with van der Waals surface area (Å²) < 4.78 is 6.22. The van der Waals surface area contributed by atoms with Gasteiger partial charge in [0.2, 0.25) is 5.12 Å². The molecular weight excluding hydrogens is 296 g/mol. The van der Waals surface area contributed by atoms with Crippen molar-refractivity contribution in [3.63, 3.8) is 0 Å². The molecule has 0 aromatic carbocycles. The minimum atomic E-state index is 0.270. The largest absolute Gasteiger partial charge is 0.375 e. The Kier molecular flexibility index (Phi) is 7.19. The molecule has 0 spiro atoms. The Bertz CT molecular complexity index is 351. The molecule has 0 unspecified atom stereocenters. The summed E-state index contributed by atoms with van der Waals surface area (Å²) in [5, 5.41) is 3.96. The van der Waals surface area contributed by atoms with Gasteiger partial charge in [-0.2, -0.15) is 0 Å². The van der Waals surface area contributed by atoms with Gasteiger partial charge < -0.3 is 10.1 Å². The van der Waals surface area contributed by atoms with Crippen molar-refractivity contribution in [1.82, 2.24) is 10.2 Å². The number of rotatable bonds is 7. The molecule has 1 saturated heterocycles. The zero-order chi connectivity index (χ0) is 16.1. The van der Waals surface area contributed by atoms with Crippen LogP contribution in [0.1, 0.15) is 46.5 Å². The molecule has 5 heteroatoms. The molecule has 2 rings (SSSR count). The van der Waals surface area contributed by atoms with Gasteiger partial charge in [-0.05, 0) is 44.8 Å². The number of piperidine rings is 1. The van der Waals surface area contributed by atoms with Crippen LogP contribution in [0.2, 0.25) is 0 Å². The zero-order valence-corrected chi connectivity index (χ0v) is 15.3. The molecule has 1 atom stereocenters. The molecule has 2 aliphatic rings. The summed E-state index contributed by atoms with van der Waals surface area (Å²) in [5.41, 5.74) is 0. The fraction of sp³-hybridized carbons (Fsp3) is 0.941. The van der Waals surface area contributed by atoms with Crippen molar-refractivity contribution in [1.29, 1.82) is 0 Å². The molecular formula is C17H32N2O2S. The second kappa shape index (κ2) is 8.67. The van der Waals surface area contributed by atoms with E-state index in [0.717, 1.165) is 38.8 Å². The lowest BCUT2D eigenvalue weighted by atomic mass is 9.87. The van der Waals surface area contributed by atoms with Crippen molar-refractivity contribution in [3.8, 4) is 0 Å². The number of ether oxygens (including phenoxy) is 1. The quantitative estimate of drug-likeness (QED) is 0.778. The van der Waals surface area contributed by atoms with Crippen LogP contribution in [-0.4, -0.2) is 60.2 Å². The highest BCUT2D eigenvalue weighted by atomic mass is 32.2. The van der Waals surface area contributed by atoms with Gasteiger partial charge >= 0.3 is 0 Å². The van der Waals surface area contributed by atoms with Crippen LogP contribution >= 0.6 is 11.8 Å². The van der Waals surface area contributed by atoms with Crippen molar-refractivity contribution < 1.29 is 9.53 Å². The van der Waals surface area contributed by atoms with Crippen molar-refractivity contribution in [2.75, 3.05) is 25.9 Å². The predicted octanol–water partition coefficient (Wildman–Crippen LogP) is 2.52. The first-order valence-corrected chi connectivity index (χ1v) is 9.91.